The molecule has 2 atom stereocenters. The third-order valence-corrected chi connectivity index (χ3v) is 3.85. The molecule has 2 aliphatic rings. The fraction of sp³-hybridized carbons (Fsp3) is 1.00. The van der Waals surface area contributed by atoms with E-state index in [-0.39, 0.29) is 5.79 Å². The monoisotopic (exact) mass is 242 g/mol. The van der Waals surface area contributed by atoms with Crippen molar-refractivity contribution in [3.63, 3.8) is 0 Å². The lowest BCUT2D eigenvalue weighted by molar-refractivity contribution is -0.907. The van der Waals surface area contributed by atoms with Crippen molar-refractivity contribution in [1.82, 2.24) is 0 Å². The molecule has 17 heavy (non-hydrogen) atoms. The lowest BCUT2D eigenvalue weighted by Gasteiger charge is -2.27. The number of ether oxygens (including phenoxy) is 2. The molecule has 2 aliphatic heterocycles. The summed E-state index contributed by atoms with van der Waals surface area (Å²) in [6, 6.07) is 0. The highest BCUT2D eigenvalue weighted by Crippen LogP contribution is 2.29. The van der Waals surface area contributed by atoms with Gasteiger partial charge in [-0.05, 0) is 32.1 Å². The van der Waals surface area contributed by atoms with Gasteiger partial charge in [0.2, 0.25) is 0 Å². The Balaban J connectivity index is 1.76. The molecule has 0 aliphatic carbocycles. The van der Waals surface area contributed by atoms with Crippen LogP contribution in [0.15, 0.2) is 0 Å². The molecule has 2 fully saturated rings. The topological polar surface area (TPSA) is 22.9 Å². The van der Waals surface area contributed by atoms with Crippen molar-refractivity contribution in [2.24, 2.45) is 5.92 Å². The molecular weight excluding hydrogens is 214 g/mol. The number of hydrogen-bond acceptors (Lipinski definition) is 2. The van der Waals surface area contributed by atoms with Gasteiger partial charge in [0.25, 0.3) is 0 Å². The maximum Gasteiger partial charge on any atom is 0.166 e. The van der Waals surface area contributed by atoms with Crippen LogP contribution in [0.4, 0.5) is 0 Å². The highest BCUT2D eigenvalue weighted by atomic mass is 16.7. The minimum absolute atomic E-state index is 0.312. The highest BCUT2D eigenvalue weighted by Gasteiger charge is 2.39. The molecule has 0 spiro atoms. The van der Waals surface area contributed by atoms with Crippen LogP contribution in [-0.4, -0.2) is 38.1 Å². The summed E-state index contributed by atoms with van der Waals surface area (Å²) in [7, 11) is 0. The Morgan fingerprint density at radius 2 is 1.94 bits per heavy atom. The fourth-order valence-electron chi connectivity index (χ4n) is 3.22. The average molecular weight is 242 g/mol. The molecule has 0 bridgehead atoms. The minimum atomic E-state index is -0.325. The first kappa shape index (κ1) is 13.3. The third-order valence-electron chi connectivity index (χ3n) is 3.85. The van der Waals surface area contributed by atoms with Gasteiger partial charge in [-0.3, -0.25) is 0 Å². The second kappa shape index (κ2) is 5.68. The van der Waals surface area contributed by atoms with Crippen molar-refractivity contribution in [3.05, 3.63) is 0 Å². The molecule has 3 heteroatoms. The maximum atomic E-state index is 6.12. The fourth-order valence-corrected chi connectivity index (χ4v) is 3.22. The second-order valence-corrected chi connectivity index (χ2v) is 6.30. The van der Waals surface area contributed by atoms with Crippen LogP contribution in [0.2, 0.25) is 0 Å². The van der Waals surface area contributed by atoms with E-state index in [4.69, 9.17) is 9.47 Å². The molecule has 1 N–H and O–H groups in total. The van der Waals surface area contributed by atoms with Crippen LogP contribution in [0.3, 0.4) is 0 Å². The largest absolute Gasteiger partial charge is 0.347 e. The molecule has 0 aromatic rings. The Morgan fingerprint density at radius 3 is 2.59 bits per heavy atom. The first-order valence-corrected chi connectivity index (χ1v) is 7.23. The number of nitrogens with one attached hydrogen (secondary N) is 1. The molecule has 2 heterocycles. The van der Waals surface area contributed by atoms with Crippen molar-refractivity contribution in [2.75, 3.05) is 26.2 Å². The van der Waals surface area contributed by atoms with E-state index in [1.807, 2.05) is 0 Å². The zero-order valence-corrected chi connectivity index (χ0v) is 11.6. The van der Waals surface area contributed by atoms with Gasteiger partial charge in [0, 0.05) is 6.42 Å². The van der Waals surface area contributed by atoms with Crippen molar-refractivity contribution in [3.8, 4) is 0 Å². The molecule has 100 valence electrons. The van der Waals surface area contributed by atoms with Crippen molar-refractivity contribution in [1.29, 1.82) is 0 Å². The van der Waals surface area contributed by atoms with Gasteiger partial charge in [-0.15, -0.1) is 0 Å². The number of piperidine rings is 1. The van der Waals surface area contributed by atoms with E-state index in [0.717, 1.165) is 19.6 Å². The molecule has 0 unspecified atom stereocenters. The van der Waals surface area contributed by atoms with Crippen LogP contribution in [0.25, 0.3) is 0 Å². The number of quaternary nitrogens is 1. The first-order chi connectivity index (χ1) is 8.07. The van der Waals surface area contributed by atoms with Gasteiger partial charge in [-0.25, -0.2) is 0 Å². The molecule has 0 radical (unpaired) electrons. The van der Waals surface area contributed by atoms with Crippen LogP contribution in [0.1, 0.15) is 46.5 Å². The van der Waals surface area contributed by atoms with Crippen LogP contribution < -0.4 is 4.90 Å². The molecule has 0 saturated carbocycles. The van der Waals surface area contributed by atoms with Gasteiger partial charge < -0.3 is 14.4 Å². The Kier molecular flexibility index (Phi) is 4.45. The Bertz CT molecular complexity index is 238. The summed E-state index contributed by atoms with van der Waals surface area (Å²) >= 11 is 0. The third kappa shape index (κ3) is 3.94. The van der Waals surface area contributed by atoms with Crippen molar-refractivity contribution >= 4 is 0 Å². The average Bonchev–Trinajstić information content (AvgIpc) is 2.60. The summed E-state index contributed by atoms with van der Waals surface area (Å²) in [6.07, 6.45) is 5.49. The lowest BCUT2D eigenvalue weighted by Crippen LogP contribution is -3.13. The standard InChI is InChI=1S/C14H27NO2/c1-12(2)9-14(3)16-11-13(17-14)10-15-7-5-4-6-8-15/h12-13H,4-11H2,1-3H3/p+1/t13-,14-/m0/s1. The summed E-state index contributed by atoms with van der Waals surface area (Å²) in [6.45, 7) is 11.1. The predicted octanol–water partition coefficient (Wildman–Crippen LogP) is 1.23. The number of likely N-dealkylation sites (tertiary alicyclic amines) is 1. The molecule has 0 aromatic carbocycles. The first-order valence-electron chi connectivity index (χ1n) is 7.23. The summed E-state index contributed by atoms with van der Waals surface area (Å²) < 4.78 is 12.0. The van der Waals surface area contributed by atoms with Gasteiger partial charge >= 0.3 is 0 Å². The zero-order chi connectivity index (χ0) is 12.3. The molecule has 0 aromatic heterocycles. The second-order valence-electron chi connectivity index (χ2n) is 6.30. The molecule has 3 nitrogen and oxygen atoms in total. The van der Waals surface area contributed by atoms with E-state index in [1.165, 1.54) is 32.4 Å². The van der Waals surface area contributed by atoms with Crippen LogP contribution >= 0.6 is 0 Å². The van der Waals surface area contributed by atoms with E-state index >= 15 is 0 Å². The van der Waals surface area contributed by atoms with E-state index < -0.39 is 0 Å². The summed E-state index contributed by atoms with van der Waals surface area (Å²) in [5.74, 6) is 0.301. The molecule has 2 rings (SSSR count). The SMILES string of the molecule is CC(C)C[C@@]1(C)OC[C@H](C[NH+]2CCCCC2)O1. The van der Waals surface area contributed by atoms with E-state index in [2.05, 4.69) is 20.8 Å². The van der Waals surface area contributed by atoms with Crippen molar-refractivity contribution in [2.45, 2.75) is 58.3 Å². The molecule has 0 amide bonds. The Hall–Kier alpha value is -0.120. The predicted molar refractivity (Wildman–Crippen MR) is 68.1 cm³/mol. The number of hydrogen-bond donors (Lipinski definition) is 1. The van der Waals surface area contributed by atoms with Gasteiger partial charge in [0.1, 0.15) is 12.6 Å². The van der Waals surface area contributed by atoms with E-state index in [9.17, 15) is 0 Å². The molecular formula is C14H28NO2+. The van der Waals surface area contributed by atoms with E-state index in [1.54, 1.807) is 4.90 Å². The summed E-state index contributed by atoms with van der Waals surface area (Å²) in [5.41, 5.74) is 0. The van der Waals surface area contributed by atoms with Crippen LogP contribution in [0, 0.1) is 5.92 Å². The van der Waals surface area contributed by atoms with Gasteiger partial charge in [0.15, 0.2) is 5.79 Å². The number of rotatable bonds is 4. The lowest BCUT2D eigenvalue weighted by atomic mass is 10.0. The minimum Gasteiger partial charge on any atom is -0.347 e. The smallest absolute Gasteiger partial charge is 0.166 e. The highest BCUT2D eigenvalue weighted by molar-refractivity contribution is 4.75. The Labute approximate surface area is 105 Å². The molecule has 2 saturated heterocycles. The van der Waals surface area contributed by atoms with E-state index in [0.29, 0.717) is 12.0 Å². The summed E-state index contributed by atoms with van der Waals surface area (Å²) in [5, 5.41) is 0. The quantitative estimate of drug-likeness (QED) is 0.801. The van der Waals surface area contributed by atoms with Crippen LogP contribution in [-0.2, 0) is 9.47 Å². The van der Waals surface area contributed by atoms with Gasteiger partial charge in [-0.2, -0.15) is 0 Å². The van der Waals surface area contributed by atoms with Gasteiger partial charge in [0.05, 0.1) is 19.7 Å². The normalized spacial score (nSPS) is 35.6. The van der Waals surface area contributed by atoms with Gasteiger partial charge in [-0.1, -0.05) is 13.8 Å². The van der Waals surface area contributed by atoms with Crippen molar-refractivity contribution < 1.29 is 14.4 Å². The Morgan fingerprint density at radius 1 is 1.24 bits per heavy atom. The maximum absolute atomic E-state index is 6.12. The summed E-state index contributed by atoms with van der Waals surface area (Å²) in [4.78, 5) is 1.71. The zero-order valence-electron chi connectivity index (χ0n) is 11.6. The van der Waals surface area contributed by atoms with Crippen LogP contribution in [0.5, 0.6) is 0 Å².